The van der Waals surface area contributed by atoms with Gasteiger partial charge in [0.15, 0.2) is 10.9 Å². The molecule has 118 valence electrons. The molecule has 0 spiro atoms. The third-order valence-corrected chi connectivity index (χ3v) is 4.95. The molecule has 0 saturated carbocycles. The topological polar surface area (TPSA) is 64.1 Å². The first kappa shape index (κ1) is 16.8. The zero-order valence-electron chi connectivity index (χ0n) is 12.8. The second-order valence-corrected chi connectivity index (χ2v) is 7.48. The number of nitrogens with zero attached hydrogens (tertiary/aromatic N) is 2. The van der Waals surface area contributed by atoms with E-state index in [9.17, 15) is 4.79 Å². The van der Waals surface area contributed by atoms with Gasteiger partial charge >= 0.3 is 0 Å². The summed E-state index contributed by atoms with van der Waals surface area (Å²) in [4.78, 5) is 11.8. The summed E-state index contributed by atoms with van der Waals surface area (Å²) in [5, 5.41) is 11.2. The molecule has 0 aliphatic rings. The van der Waals surface area contributed by atoms with Crippen molar-refractivity contribution in [3.63, 3.8) is 0 Å². The van der Waals surface area contributed by atoms with E-state index in [0.717, 1.165) is 15.7 Å². The smallest absolute Gasteiger partial charge is 0.264 e. The standard InChI is InChI=1S/C15H19N3O2S2/c1-10(2)9-21-15-18-17-14(22-15)16-13(19)8-20-12-6-4-5-11(3)7-12/h4-7,10H,8-9H2,1-3H3,(H,16,17,19). The Hall–Kier alpha value is -1.60. The fraction of sp³-hybridized carbons (Fsp3) is 0.400. The van der Waals surface area contributed by atoms with Gasteiger partial charge in [-0.2, -0.15) is 0 Å². The first-order valence-electron chi connectivity index (χ1n) is 6.98. The number of aromatic nitrogens is 2. The van der Waals surface area contributed by atoms with E-state index in [1.54, 1.807) is 11.8 Å². The fourth-order valence-corrected chi connectivity index (χ4v) is 3.31. The molecule has 0 aliphatic heterocycles. The molecule has 0 radical (unpaired) electrons. The van der Waals surface area contributed by atoms with Crippen LogP contribution in [0.1, 0.15) is 19.4 Å². The van der Waals surface area contributed by atoms with Gasteiger partial charge in [-0.3, -0.25) is 10.1 Å². The van der Waals surface area contributed by atoms with Crippen molar-refractivity contribution in [1.29, 1.82) is 0 Å². The van der Waals surface area contributed by atoms with Gasteiger partial charge in [0.05, 0.1) is 0 Å². The molecule has 1 N–H and O–H groups in total. The highest BCUT2D eigenvalue weighted by Gasteiger charge is 2.10. The number of carbonyl (C=O) groups excluding carboxylic acids is 1. The molecule has 1 amide bonds. The molecule has 2 aromatic rings. The molecule has 22 heavy (non-hydrogen) atoms. The number of amides is 1. The molecule has 0 fully saturated rings. The number of nitrogens with one attached hydrogen (secondary N) is 1. The summed E-state index contributed by atoms with van der Waals surface area (Å²) in [6.45, 7) is 6.24. The van der Waals surface area contributed by atoms with Crippen molar-refractivity contribution in [3.05, 3.63) is 29.8 Å². The molecular formula is C15H19N3O2S2. The molecular weight excluding hydrogens is 318 g/mol. The van der Waals surface area contributed by atoms with Crippen molar-refractivity contribution in [2.45, 2.75) is 25.1 Å². The van der Waals surface area contributed by atoms with Crippen LogP contribution in [0.5, 0.6) is 5.75 Å². The Morgan fingerprint density at radius 2 is 2.23 bits per heavy atom. The second kappa shape index (κ2) is 8.14. The van der Waals surface area contributed by atoms with E-state index in [2.05, 4.69) is 29.4 Å². The van der Waals surface area contributed by atoms with Gasteiger partial charge in [0.25, 0.3) is 5.91 Å². The van der Waals surface area contributed by atoms with Gasteiger partial charge in [-0.25, -0.2) is 0 Å². The van der Waals surface area contributed by atoms with Crippen molar-refractivity contribution in [2.75, 3.05) is 17.7 Å². The van der Waals surface area contributed by atoms with Crippen LogP contribution in [0.25, 0.3) is 0 Å². The maximum absolute atomic E-state index is 11.8. The van der Waals surface area contributed by atoms with Crippen LogP contribution in [0.3, 0.4) is 0 Å². The maximum atomic E-state index is 11.8. The number of hydrogen-bond donors (Lipinski definition) is 1. The highest BCUT2D eigenvalue weighted by atomic mass is 32.2. The number of benzene rings is 1. The molecule has 0 saturated heterocycles. The first-order chi connectivity index (χ1) is 10.5. The van der Waals surface area contributed by atoms with Crippen molar-refractivity contribution in [1.82, 2.24) is 10.2 Å². The minimum Gasteiger partial charge on any atom is -0.484 e. The van der Waals surface area contributed by atoms with Crippen molar-refractivity contribution in [2.24, 2.45) is 5.92 Å². The minimum absolute atomic E-state index is 0.0441. The Labute approximate surface area is 138 Å². The lowest BCUT2D eigenvalue weighted by Crippen LogP contribution is -2.20. The van der Waals surface area contributed by atoms with Gasteiger partial charge in [-0.05, 0) is 30.5 Å². The Bertz CT molecular complexity index is 629. The van der Waals surface area contributed by atoms with Crippen LogP contribution in [0.15, 0.2) is 28.6 Å². The molecule has 1 aromatic heterocycles. The average molecular weight is 337 g/mol. The number of rotatable bonds is 7. The van der Waals surface area contributed by atoms with Crippen LogP contribution in [0, 0.1) is 12.8 Å². The normalized spacial score (nSPS) is 10.7. The molecule has 0 atom stereocenters. The number of aryl methyl sites for hydroxylation is 1. The van der Waals surface area contributed by atoms with E-state index in [0.29, 0.717) is 16.8 Å². The third-order valence-electron chi connectivity index (χ3n) is 2.55. The predicted octanol–water partition coefficient (Wildman–Crippen LogP) is 3.61. The van der Waals surface area contributed by atoms with Gasteiger partial charge < -0.3 is 4.74 Å². The number of hydrogen-bond acceptors (Lipinski definition) is 6. The second-order valence-electron chi connectivity index (χ2n) is 5.23. The summed E-state index contributed by atoms with van der Waals surface area (Å²) >= 11 is 3.03. The molecule has 0 unspecified atom stereocenters. The molecule has 0 aliphatic carbocycles. The van der Waals surface area contributed by atoms with Gasteiger partial charge in [0, 0.05) is 5.75 Å². The monoisotopic (exact) mass is 337 g/mol. The minimum atomic E-state index is -0.238. The van der Waals surface area contributed by atoms with E-state index >= 15 is 0 Å². The fourth-order valence-electron chi connectivity index (χ4n) is 1.57. The molecule has 5 nitrogen and oxygen atoms in total. The zero-order valence-corrected chi connectivity index (χ0v) is 14.5. The van der Waals surface area contributed by atoms with Crippen LogP contribution in [-0.4, -0.2) is 28.5 Å². The van der Waals surface area contributed by atoms with E-state index in [1.165, 1.54) is 11.3 Å². The summed E-state index contributed by atoms with van der Waals surface area (Å²) < 4.78 is 6.31. The third kappa shape index (κ3) is 5.65. The quantitative estimate of drug-likeness (QED) is 0.617. The average Bonchev–Trinajstić information content (AvgIpc) is 2.90. The van der Waals surface area contributed by atoms with E-state index < -0.39 is 0 Å². The molecule has 1 heterocycles. The Morgan fingerprint density at radius 3 is 2.95 bits per heavy atom. The lowest BCUT2D eigenvalue weighted by atomic mass is 10.2. The predicted molar refractivity (Wildman–Crippen MR) is 90.8 cm³/mol. The maximum Gasteiger partial charge on any atom is 0.264 e. The molecule has 7 heteroatoms. The Balaban J connectivity index is 1.79. The van der Waals surface area contributed by atoms with Crippen molar-refractivity contribution in [3.8, 4) is 5.75 Å². The Morgan fingerprint density at radius 1 is 1.41 bits per heavy atom. The summed E-state index contributed by atoms with van der Waals surface area (Å²) in [5.74, 6) is 2.02. The van der Waals surface area contributed by atoms with Gasteiger partial charge in [0.1, 0.15) is 5.75 Å². The molecule has 2 rings (SSSR count). The molecule has 1 aromatic carbocycles. The highest BCUT2D eigenvalue weighted by Crippen LogP contribution is 2.26. The number of carbonyl (C=O) groups is 1. The largest absolute Gasteiger partial charge is 0.484 e. The molecule has 0 bridgehead atoms. The van der Waals surface area contributed by atoms with Crippen molar-refractivity contribution >= 4 is 34.1 Å². The van der Waals surface area contributed by atoms with Crippen LogP contribution < -0.4 is 10.1 Å². The SMILES string of the molecule is Cc1cccc(OCC(=O)Nc2nnc(SCC(C)C)s2)c1. The van der Waals surface area contributed by atoms with Gasteiger partial charge in [-0.1, -0.05) is 49.1 Å². The number of anilines is 1. The van der Waals surface area contributed by atoms with E-state index in [-0.39, 0.29) is 12.5 Å². The van der Waals surface area contributed by atoms with Gasteiger partial charge in [0.2, 0.25) is 5.13 Å². The highest BCUT2D eigenvalue weighted by molar-refractivity contribution is 8.01. The summed E-state index contributed by atoms with van der Waals surface area (Å²) in [6, 6.07) is 7.58. The number of ether oxygens (including phenoxy) is 1. The van der Waals surface area contributed by atoms with Crippen LogP contribution in [0.4, 0.5) is 5.13 Å². The van der Waals surface area contributed by atoms with E-state index in [4.69, 9.17) is 4.74 Å². The van der Waals surface area contributed by atoms with Crippen molar-refractivity contribution < 1.29 is 9.53 Å². The summed E-state index contributed by atoms with van der Waals surface area (Å²) in [5.41, 5.74) is 1.09. The van der Waals surface area contributed by atoms with E-state index in [1.807, 2.05) is 31.2 Å². The zero-order chi connectivity index (χ0) is 15.9. The summed E-state index contributed by atoms with van der Waals surface area (Å²) in [6.07, 6.45) is 0. The first-order valence-corrected chi connectivity index (χ1v) is 8.79. The number of thioether (sulfide) groups is 1. The Kier molecular flexibility index (Phi) is 6.21. The van der Waals surface area contributed by atoms with Crippen LogP contribution in [0.2, 0.25) is 0 Å². The lowest BCUT2D eigenvalue weighted by Gasteiger charge is -2.06. The van der Waals surface area contributed by atoms with Crippen LogP contribution in [-0.2, 0) is 4.79 Å². The lowest BCUT2D eigenvalue weighted by molar-refractivity contribution is -0.118. The van der Waals surface area contributed by atoms with Crippen LogP contribution >= 0.6 is 23.1 Å². The summed E-state index contributed by atoms with van der Waals surface area (Å²) in [7, 11) is 0. The van der Waals surface area contributed by atoms with Gasteiger partial charge in [-0.15, -0.1) is 10.2 Å².